The molecule has 0 radical (unpaired) electrons. The lowest BCUT2D eigenvalue weighted by Crippen LogP contribution is -2.38. The van der Waals surface area contributed by atoms with Crippen LogP contribution in [0.2, 0.25) is 0 Å². The van der Waals surface area contributed by atoms with Gasteiger partial charge >= 0.3 is 0 Å². The maximum atomic E-state index is 12.0. The summed E-state index contributed by atoms with van der Waals surface area (Å²) >= 11 is 0. The molecule has 1 aliphatic carbocycles. The van der Waals surface area contributed by atoms with E-state index in [9.17, 15) is 13.2 Å². The monoisotopic (exact) mass is 272 g/mol. The van der Waals surface area contributed by atoms with Gasteiger partial charge in [0.25, 0.3) is 0 Å². The molecule has 6 heteroatoms. The molecule has 1 saturated carbocycles. The number of rotatable bonds is 6. The lowest BCUT2D eigenvalue weighted by atomic mass is 10.4. The number of sulfone groups is 1. The largest absolute Gasteiger partial charge is 0.341 e. The van der Waals surface area contributed by atoms with E-state index in [2.05, 4.69) is 0 Å². The Balaban J connectivity index is 2.59. The molecule has 102 valence electrons. The highest BCUT2D eigenvalue weighted by Gasteiger charge is 2.31. The van der Waals surface area contributed by atoms with Crippen molar-refractivity contribution in [1.82, 2.24) is 4.90 Å². The van der Waals surface area contributed by atoms with Crippen molar-refractivity contribution in [3.05, 3.63) is 0 Å². The number of nitriles is 1. The number of carbonyl (C=O) groups is 1. The molecule has 0 unspecified atom stereocenters. The number of carbonyl (C=O) groups excluding carboxylic acids is 1. The van der Waals surface area contributed by atoms with Crippen LogP contribution in [0, 0.1) is 11.3 Å². The van der Waals surface area contributed by atoms with Gasteiger partial charge in [0.05, 0.1) is 17.7 Å². The van der Waals surface area contributed by atoms with Gasteiger partial charge in [-0.2, -0.15) is 5.26 Å². The molecule has 0 saturated heterocycles. The quantitative estimate of drug-likeness (QED) is 0.725. The molecule has 0 N–H and O–H groups in total. The second kappa shape index (κ2) is 6.74. The first-order chi connectivity index (χ1) is 8.51. The van der Waals surface area contributed by atoms with Crippen molar-refractivity contribution in [2.75, 3.05) is 18.8 Å². The van der Waals surface area contributed by atoms with Crippen LogP contribution in [0.3, 0.4) is 0 Å². The van der Waals surface area contributed by atoms with Gasteiger partial charge in [0, 0.05) is 13.1 Å². The van der Waals surface area contributed by atoms with E-state index in [1.807, 2.05) is 6.07 Å². The molecule has 0 bridgehead atoms. The molecule has 1 aliphatic rings. The molecular weight excluding hydrogens is 252 g/mol. The highest BCUT2D eigenvalue weighted by atomic mass is 32.2. The number of amides is 1. The molecule has 0 aliphatic heterocycles. The van der Waals surface area contributed by atoms with Crippen LogP contribution in [0.4, 0.5) is 0 Å². The third-order valence-electron chi connectivity index (χ3n) is 3.36. The minimum atomic E-state index is -3.31. The van der Waals surface area contributed by atoms with E-state index in [0.29, 0.717) is 25.9 Å². The SMILES string of the molecule is CCN(CCC#N)C(=O)CS(=O)(=O)C1CCCC1. The van der Waals surface area contributed by atoms with Crippen molar-refractivity contribution in [3.63, 3.8) is 0 Å². The van der Waals surface area contributed by atoms with Crippen molar-refractivity contribution >= 4 is 15.7 Å². The van der Waals surface area contributed by atoms with E-state index >= 15 is 0 Å². The van der Waals surface area contributed by atoms with Gasteiger partial charge < -0.3 is 4.90 Å². The summed E-state index contributed by atoms with van der Waals surface area (Å²) in [4.78, 5) is 13.3. The first-order valence-corrected chi connectivity index (χ1v) is 8.09. The number of hydrogen-bond donors (Lipinski definition) is 0. The Hall–Kier alpha value is -1.09. The van der Waals surface area contributed by atoms with Crippen LogP contribution in [0.25, 0.3) is 0 Å². The molecule has 0 atom stereocenters. The smallest absolute Gasteiger partial charge is 0.237 e. The second-order valence-electron chi connectivity index (χ2n) is 4.60. The third kappa shape index (κ3) is 3.98. The van der Waals surface area contributed by atoms with Crippen LogP contribution in [-0.4, -0.2) is 43.3 Å². The fourth-order valence-corrected chi connectivity index (χ4v) is 4.09. The summed E-state index contributed by atoms with van der Waals surface area (Å²) in [6, 6.07) is 1.96. The second-order valence-corrected chi connectivity index (χ2v) is 6.88. The standard InChI is InChI=1S/C12H20N2O3S/c1-2-14(9-5-8-13)12(15)10-18(16,17)11-6-3-4-7-11/h11H,2-7,9-10H2,1H3. The van der Waals surface area contributed by atoms with Gasteiger partial charge in [0.2, 0.25) is 5.91 Å². The van der Waals surface area contributed by atoms with E-state index in [1.165, 1.54) is 4.90 Å². The van der Waals surface area contributed by atoms with E-state index in [-0.39, 0.29) is 17.6 Å². The molecule has 0 aromatic rings. The fraction of sp³-hybridized carbons (Fsp3) is 0.833. The summed E-state index contributed by atoms with van der Waals surface area (Å²) in [6.07, 6.45) is 3.47. The molecular formula is C12H20N2O3S. The van der Waals surface area contributed by atoms with Gasteiger partial charge in [-0.3, -0.25) is 4.79 Å². The zero-order chi connectivity index (χ0) is 13.6. The average molecular weight is 272 g/mol. The van der Waals surface area contributed by atoms with Crippen LogP contribution >= 0.6 is 0 Å². The summed E-state index contributed by atoms with van der Waals surface area (Å²) in [7, 11) is -3.31. The van der Waals surface area contributed by atoms with Crippen LogP contribution < -0.4 is 0 Å². The predicted octanol–water partition coefficient (Wildman–Crippen LogP) is 1.11. The molecule has 1 fully saturated rings. The average Bonchev–Trinajstić information content (AvgIpc) is 2.83. The normalized spacial score (nSPS) is 16.4. The first-order valence-electron chi connectivity index (χ1n) is 6.37. The van der Waals surface area contributed by atoms with E-state index < -0.39 is 15.6 Å². The van der Waals surface area contributed by atoms with Crippen molar-refractivity contribution in [2.45, 2.75) is 44.3 Å². The molecule has 1 rings (SSSR count). The topological polar surface area (TPSA) is 78.2 Å². The van der Waals surface area contributed by atoms with Gasteiger partial charge in [0.1, 0.15) is 5.75 Å². The van der Waals surface area contributed by atoms with Crippen molar-refractivity contribution < 1.29 is 13.2 Å². The van der Waals surface area contributed by atoms with Crippen LogP contribution in [0.15, 0.2) is 0 Å². The summed E-state index contributed by atoms with van der Waals surface area (Å²) in [6.45, 7) is 2.55. The van der Waals surface area contributed by atoms with E-state index in [4.69, 9.17) is 5.26 Å². The highest BCUT2D eigenvalue weighted by Crippen LogP contribution is 2.25. The van der Waals surface area contributed by atoms with Gasteiger partial charge in [-0.15, -0.1) is 0 Å². The Labute approximate surface area is 109 Å². The predicted molar refractivity (Wildman–Crippen MR) is 68.5 cm³/mol. The lowest BCUT2D eigenvalue weighted by Gasteiger charge is -2.20. The Morgan fingerprint density at radius 2 is 2.00 bits per heavy atom. The summed E-state index contributed by atoms with van der Waals surface area (Å²) in [5, 5.41) is 8.15. The highest BCUT2D eigenvalue weighted by molar-refractivity contribution is 7.92. The van der Waals surface area contributed by atoms with Gasteiger partial charge in [-0.25, -0.2) is 8.42 Å². The molecule has 0 spiro atoms. The minimum Gasteiger partial charge on any atom is -0.341 e. The number of nitrogens with zero attached hydrogens (tertiary/aromatic N) is 2. The van der Waals surface area contributed by atoms with E-state index in [1.54, 1.807) is 6.92 Å². The minimum absolute atomic E-state index is 0.239. The Bertz CT molecular complexity index is 419. The Morgan fingerprint density at radius 3 is 2.50 bits per heavy atom. The molecule has 0 aromatic carbocycles. The van der Waals surface area contributed by atoms with Gasteiger partial charge in [0.15, 0.2) is 9.84 Å². The van der Waals surface area contributed by atoms with Crippen LogP contribution in [0.1, 0.15) is 39.0 Å². The Morgan fingerprint density at radius 1 is 1.39 bits per heavy atom. The lowest BCUT2D eigenvalue weighted by molar-refractivity contribution is -0.128. The molecule has 18 heavy (non-hydrogen) atoms. The fourth-order valence-electron chi connectivity index (χ4n) is 2.27. The van der Waals surface area contributed by atoms with Crippen molar-refractivity contribution in [2.24, 2.45) is 0 Å². The van der Waals surface area contributed by atoms with Crippen molar-refractivity contribution in [1.29, 1.82) is 5.26 Å². The van der Waals surface area contributed by atoms with Crippen LogP contribution in [0.5, 0.6) is 0 Å². The molecule has 5 nitrogen and oxygen atoms in total. The third-order valence-corrected chi connectivity index (χ3v) is 5.50. The maximum Gasteiger partial charge on any atom is 0.237 e. The zero-order valence-corrected chi connectivity index (χ0v) is 11.6. The Kier molecular flexibility index (Phi) is 5.60. The van der Waals surface area contributed by atoms with Gasteiger partial charge in [-0.1, -0.05) is 12.8 Å². The van der Waals surface area contributed by atoms with Crippen LogP contribution in [-0.2, 0) is 14.6 Å². The zero-order valence-electron chi connectivity index (χ0n) is 10.8. The summed E-state index contributed by atoms with van der Waals surface area (Å²) < 4.78 is 24.0. The molecule has 0 aromatic heterocycles. The first kappa shape index (κ1) is 15.0. The van der Waals surface area contributed by atoms with E-state index in [0.717, 1.165) is 12.8 Å². The van der Waals surface area contributed by atoms with Gasteiger partial charge in [-0.05, 0) is 19.8 Å². The maximum absolute atomic E-state index is 12.0. The van der Waals surface area contributed by atoms with Crippen molar-refractivity contribution in [3.8, 4) is 6.07 Å². The summed E-state index contributed by atoms with van der Waals surface area (Å²) in [5.41, 5.74) is 0. The molecule has 1 amide bonds. The summed E-state index contributed by atoms with van der Waals surface area (Å²) in [5.74, 6) is -0.781. The number of hydrogen-bond acceptors (Lipinski definition) is 4. The molecule has 0 heterocycles.